The summed E-state index contributed by atoms with van der Waals surface area (Å²) in [7, 11) is 1.60. The molecule has 4 nitrogen and oxygen atoms in total. The maximum atomic E-state index is 9.93. The summed E-state index contributed by atoms with van der Waals surface area (Å²) in [4.78, 5) is 0. The molecule has 0 amide bonds. The first kappa shape index (κ1) is 10.3. The molecule has 4 heteroatoms. The highest BCUT2D eigenvalue weighted by atomic mass is 16.5. The highest BCUT2D eigenvalue weighted by Crippen LogP contribution is 2.37. The van der Waals surface area contributed by atoms with Crippen molar-refractivity contribution in [3.8, 4) is 11.5 Å². The highest BCUT2D eigenvalue weighted by molar-refractivity contribution is 5.44. The SMILES string of the molecule is COc1ccc2c(c1)OCC(C)(O)C2N. The lowest BCUT2D eigenvalue weighted by Gasteiger charge is -2.36. The number of nitrogens with two attached hydrogens (primary N) is 1. The highest BCUT2D eigenvalue weighted by Gasteiger charge is 2.37. The smallest absolute Gasteiger partial charge is 0.128 e. The Morgan fingerprint density at radius 3 is 3.00 bits per heavy atom. The van der Waals surface area contributed by atoms with Crippen LogP contribution >= 0.6 is 0 Å². The Hall–Kier alpha value is -1.26. The van der Waals surface area contributed by atoms with E-state index in [4.69, 9.17) is 15.2 Å². The van der Waals surface area contributed by atoms with Gasteiger partial charge in [-0.05, 0) is 19.1 Å². The largest absolute Gasteiger partial charge is 0.497 e. The van der Waals surface area contributed by atoms with Gasteiger partial charge < -0.3 is 20.3 Å². The molecule has 2 atom stereocenters. The fraction of sp³-hybridized carbons (Fsp3) is 0.455. The van der Waals surface area contributed by atoms with Crippen LogP contribution in [0.2, 0.25) is 0 Å². The average molecular weight is 209 g/mol. The first-order valence-electron chi connectivity index (χ1n) is 4.83. The Labute approximate surface area is 88.6 Å². The van der Waals surface area contributed by atoms with Gasteiger partial charge in [-0.15, -0.1) is 0 Å². The summed E-state index contributed by atoms with van der Waals surface area (Å²) in [6.45, 7) is 1.87. The fourth-order valence-corrected chi connectivity index (χ4v) is 1.67. The van der Waals surface area contributed by atoms with Gasteiger partial charge in [0, 0.05) is 11.6 Å². The van der Waals surface area contributed by atoms with Crippen molar-refractivity contribution >= 4 is 0 Å². The molecular formula is C11H15NO3. The second-order valence-corrected chi connectivity index (χ2v) is 4.03. The van der Waals surface area contributed by atoms with E-state index in [2.05, 4.69) is 0 Å². The van der Waals surface area contributed by atoms with Crippen molar-refractivity contribution in [1.29, 1.82) is 0 Å². The van der Waals surface area contributed by atoms with E-state index in [9.17, 15) is 5.11 Å². The summed E-state index contributed by atoms with van der Waals surface area (Å²) >= 11 is 0. The number of rotatable bonds is 1. The monoisotopic (exact) mass is 209 g/mol. The fourth-order valence-electron chi connectivity index (χ4n) is 1.67. The summed E-state index contributed by atoms with van der Waals surface area (Å²) in [5.41, 5.74) is 5.74. The van der Waals surface area contributed by atoms with Crippen molar-refractivity contribution in [3.05, 3.63) is 23.8 Å². The Kier molecular flexibility index (Phi) is 2.32. The molecule has 2 unspecified atom stereocenters. The molecule has 82 valence electrons. The molecule has 0 spiro atoms. The first-order valence-corrected chi connectivity index (χ1v) is 4.83. The maximum Gasteiger partial charge on any atom is 0.128 e. The third-order valence-electron chi connectivity index (χ3n) is 2.75. The second kappa shape index (κ2) is 3.40. The van der Waals surface area contributed by atoms with Gasteiger partial charge in [0.2, 0.25) is 0 Å². The zero-order valence-corrected chi connectivity index (χ0v) is 8.86. The van der Waals surface area contributed by atoms with Gasteiger partial charge in [-0.2, -0.15) is 0 Å². The molecule has 0 aliphatic carbocycles. The summed E-state index contributed by atoms with van der Waals surface area (Å²) < 4.78 is 10.5. The van der Waals surface area contributed by atoms with E-state index >= 15 is 0 Å². The predicted molar refractivity (Wildman–Crippen MR) is 56.0 cm³/mol. The number of fused-ring (bicyclic) bond motifs is 1. The van der Waals surface area contributed by atoms with Crippen LogP contribution in [-0.4, -0.2) is 24.4 Å². The average Bonchev–Trinajstić information content (AvgIpc) is 2.23. The van der Waals surface area contributed by atoms with E-state index in [0.717, 1.165) is 11.3 Å². The second-order valence-electron chi connectivity index (χ2n) is 4.03. The molecule has 1 aliphatic heterocycles. The zero-order valence-electron chi connectivity index (χ0n) is 8.86. The summed E-state index contributed by atoms with van der Waals surface area (Å²) in [6, 6.07) is 4.99. The van der Waals surface area contributed by atoms with Gasteiger partial charge in [-0.25, -0.2) is 0 Å². The summed E-state index contributed by atoms with van der Waals surface area (Å²) in [5.74, 6) is 1.41. The van der Waals surface area contributed by atoms with Crippen LogP contribution in [0.1, 0.15) is 18.5 Å². The Balaban J connectivity index is 2.42. The Bertz CT molecular complexity index is 376. The van der Waals surface area contributed by atoms with Crippen LogP contribution < -0.4 is 15.2 Å². The normalized spacial score (nSPS) is 29.2. The van der Waals surface area contributed by atoms with Crippen LogP contribution in [0.25, 0.3) is 0 Å². The van der Waals surface area contributed by atoms with E-state index in [-0.39, 0.29) is 6.61 Å². The van der Waals surface area contributed by atoms with E-state index in [1.165, 1.54) is 0 Å². The third-order valence-corrected chi connectivity index (χ3v) is 2.75. The number of aliphatic hydroxyl groups is 1. The molecular weight excluding hydrogens is 194 g/mol. The molecule has 2 rings (SSSR count). The van der Waals surface area contributed by atoms with E-state index in [1.54, 1.807) is 20.1 Å². The van der Waals surface area contributed by atoms with Crippen LogP contribution in [0.3, 0.4) is 0 Å². The molecule has 0 radical (unpaired) electrons. The molecule has 0 saturated carbocycles. The van der Waals surface area contributed by atoms with Gasteiger partial charge in [0.1, 0.15) is 23.7 Å². The van der Waals surface area contributed by atoms with Crippen LogP contribution in [0.4, 0.5) is 0 Å². The molecule has 0 bridgehead atoms. The minimum Gasteiger partial charge on any atom is -0.497 e. The van der Waals surface area contributed by atoms with Gasteiger partial charge in [-0.1, -0.05) is 0 Å². The van der Waals surface area contributed by atoms with Crippen molar-refractivity contribution in [2.24, 2.45) is 5.73 Å². The van der Waals surface area contributed by atoms with Crippen LogP contribution in [0.5, 0.6) is 11.5 Å². The Morgan fingerprint density at radius 2 is 2.33 bits per heavy atom. The summed E-state index contributed by atoms with van der Waals surface area (Å²) in [6.07, 6.45) is 0. The first-order chi connectivity index (χ1) is 7.04. The van der Waals surface area contributed by atoms with E-state index < -0.39 is 11.6 Å². The molecule has 1 aliphatic rings. The minimum atomic E-state index is -1.01. The topological polar surface area (TPSA) is 64.7 Å². The van der Waals surface area contributed by atoms with Gasteiger partial charge in [0.25, 0.3) is 0 Å². The lowest BCUT2D eigenvalue weighted by atomic mass is 9.89. The van der Waals surface area contributed by atoms with E-state index in [0.29, 0.717) is 5.75 Å². The number of hydrogen-bond acceptors (Lipinski definition) is 4. The molecule has 0 saturated heterocycles. The van der Waals surface area contributed by atoms with Gasteiger partial charge in [0.15, 0.2) is 0 Å². The zero-order chi connectivity index (χ0) is 11.1. The molecule has 0 fully saturated rings. The van der Waals surface area contributed by atoms with E-state index in [1.807, 2.05) is 12.1 Å². The van der Waals surface area contributed by atoms with Crippen LogP contribution in [-0.2, 0) is 0 Å². The maximum absolute atomic E-state index is 9.93. The van der Waals surface area contributed by atoms with Crippen molar-refractivity contribution in [2.45, 2.75) is 18.6 Å². The van der Waals surface area contributed by atoms with Crippen LogP contribution in [0, 0.1) is 0 Å². The molecule has 3 N–H and O–H groups in total. The van der Waals surface area contributed by atoms with Crippen LogP contribution in [0.15, 0.2) is 18.2 Å². The van der Waals surface area contributed by atoms with Gasteiger partial charge >= 0.3 is 0 Å². The number of methoxy groups -OCH3 is 1. The molecule has 1 heterocycles. The number of hydrogen-bond donors (Lipinski definition) is 2. The van der Waals surface area contributed by atoms with Gasteiger partial charge in [-0.3, -0.25) is 0 Å². The Morgan fingerprint density at radius 1 is 1.60 bits per heavy atom. The number of benzene rings is 1. The van der Waals surface area contributed by atoms with Crippen molar-refractivity contribution in [3.63, 3.8) is 0 Å². The summed E-state index contributed by atoms with van der Waals surface area (Å²) in [5, 5.41) is 9.93. The van der Waals surface area contributed by atoms with Crippen molar-refractivity contribution in [1.82, 2.24) is 0 Å². The van der Waals surface area contributed by atoms with Gasteiger partial charge in [0.05, 0.1) is 13.2 Å². The van der Waals surface area contributed by atoms with Crippen molar-refractivity contribution in [2.75, 3.05) is 13.7 Å². The van der Waals surface area contributed by atoms with Crippen molar-refractivity contribution < 1.29 is 14.6 Å². The predicted octanol–water partition coefficient (Wildman–Crippen LogP) is 0.838. The minimum absolute atomic E-state index is 0.203. The lowest BCUT2D eigenvalue weighted by molar-refractivity contribution is -0.0249. The number of ether oxygens (including phenoxy) is 2. The standard InChI is InChI=1S/C11H15NO3/c1-11(13)6-15-9-5-7(14-2)3-4-8(9)10(11)12/h3-5,10,13H,6,12H2,1-2H3. The molecule has 0 aromatic heterocycles. The molecule has 15 heavy (non-hydrogen) atoms. The molecule has 1 aromatic rings. The third kappa shape index (κ3) is 1.66. The lowest BCUT2D eigenvalue weighted by Crippen LogP contribution is -2.46. The molecule has 1 aromatic carbocycles. The quantitative estimate of drug-likeness (QED) is 0.719.